The molecular formula is C17H23N5O. The zero-order chi connectivity index (χ0) is 16.4. The van der Waals surface area contributed by atoms with Crippen LogP contribution in [0.1, 0.15) is 36.6 Å². The minimum atomic E-state index is -0.302. The predicted octanol–water partition coefficient (Wildman–Crippen LogP) is 1.35. The summed E-state index contributed by atoms with van der Waals surface area (Å²) in [4.78, 5) is 16.9. The van der Waals surface area contributed by atoms with E-state index in [1.165, 1.54) is 0 Å². The summed E-state index contributed by atoms with van der Waals surface area (Å²) in [5, 5.41) is 7.48. The molecule has 0 saturated heterocycles. The van der Waals surface area contributed by atoms with E-state index in [0.29, 0.717) is 6.54 Å². The van der Waals surface area contributed by atoms with Crippen molar-refractivity contribution in [3.05, 3.63) is 47.5 Å². The van der Waals surface area contributed by atoms with Gasteiger partial charge in [0.2, 0.25) is 5.91 Å². The second-order valence-corrected chi connectivity index (χ2v) is 6.23. The van der Waals surface area contributed by atoms with Gasteiger partial charge in [-0.15, -0.1) is 0 Å². The van der Waals surface area contributed by atoms with Gasteiger partial charge in [-0.1, -0.05) is 37.3 Å². The number of carbonyl (C=O) groups is 1. The fourth-order valence-corrected chi connectivity index (χ4v) is 3.01. The maximum atomic E-state index is 12.5. The van der Waals surface area contributed by atoms with Crippen LogP contribution in [0.3, 0.4) is 0 Å². The van der Waals surface area contributed by atoms with Crippen molar-refractivity contribution < 1.29 is 4.79 Å². The van der Waals surface area contributed by atoms with Gasteiger partial charge in [0.15, 0.2) is 0 Å². The number of aromatic nitrogens is 3. The highest BCUT2D eigenvalue weighted by Crippen LogP contribution is 2.20. The number of benzene rings is 1. The van der Waals surface area contributed by atoms with Gasteiger partial charge in [0.05, 0.1) is 12.5 Å². The summed E-state index contributed by atoms with van der Waals surface area (Å²) in [6, 6.07) is 9.52. The molecular weight excluding hydrogens is 290 g/mol. The fraction of sp³-hybridized carbons (Fsp3) is 0.471. The van der Waals surface area contributed by atoms with Gasteiger partial charge in [0.25, 0.3) is 0 Å². The number of nitrogens with one attached hydrogen (secondary N) is 1. The molecule has 2 heterocycles. The molecule has 3 rings (SSSR count). The average Bonchev–Trinajstić information content (AvgIpc) is 2.93. The number of nitrogens with zero attached hydrogens (tertiary/aromatic N) is 3. The van der Waals surface area contributed by atoms with Crippen LogP contribution in [-0.4, -0.2) is 26.7 Å². The predicted molar refractivity (Wildman–Crippen MR) is 87.5 cm³/mol. The minimum Gasteiger partial charge on any atom is -0.351 e. The van der Waals surface area contributed by atoms with Crippen LogP contribution in [0.4, 0.5) is 0 Å². The lowest BCUT2D eigenvalue weighted by molar-refractivity contribution is -0.126. The first-order valence-corrected chi connectivity index (χ1v) is 8.06. The number of rotatable bonds is 4. The van der Waals surface area contributed by atoms with Crippen LogP contribution in [0.5, 0.6) is 0 Å². The van der Waals surface area contributed by atoms with Crippen molar-refractivity contribution >= 4 is 5.91 Å². The lowest BCUT2D eigenvalue weighted by atomic mass is 9.94. The zero-order valence-corrected chi connectivity index (χ0v) is 13.6. The molecule has 0 radical (unpaired) electrons. The number of carbonyl (C=O) groups excluding carboxylic acids is 1. The number of amides is 1. The monoisotopic (exact) mass is 313 g/mol. The molecule has 0 bridgehead atoms. The Morgan fingerprint density at radius 1 is 1.39 bits per heavy atom. The molecule has 3 atom stereocenters. The zero-order valence-electron chi connectivity index (χ0n) is 13.6. The van der Waals surface area contributed by atoms with Crippen molar-refractivity contribution in [2.75, 3.05) is 0 Å². The highest BCUT2D eigenvalue weighted by atomic mass is 16.2. The number of hydrogen-bond acceptors (Lipinski definition) is 4. The Bertz CT molecular complexity index is 682. The molecule has 1 amide bonds. The van der Waals surface area contributed by atoms with E-state index in [1.54, 1.807) is 0 Å². The molecule has 0 saturated carbocycles. The molecule has 3 N–H and O–H groups in total. The van der Waals surface area contributed by atoms with Gasteiger partial charge in [0.1, 0.15) is 11.6 Å². The van der Waals surface area contributed by atoms with Gasteiger partial charge in [-0.3, -0.25) is 4.79 Å². The molecule has 122 valence electrons. The van der Waals surface area contributed by atoms with E-state index in [2.05, 4.69) is 15.4 Å². The Labute approximate surface area is 136 Å². The lowest BCUT2D eigenvalue weighted by Crippen LogP contribution is -2.45. The van der Waals surface area contributed by atoms with Gasteiger partial charge in [-0.25, -0.2) is 9.67 Å². The highest BCUT2D eigenvalue weighted by molar-refractivity contribution is 5.79. The highest BCUT2D eigenvalue weighted by Gasteiger charge is 2.27. The van der Waals surface area contributed by atoms with Crippen molar-refractivity contribution in [1.29, 1.82) is 0 Å². The number of nitrogens with two attached hydrogens (primary N) is 1. The summed E-state index contributed by atoms with van der Waals surface area (Å²) in [6.45, 7) is 4.44. The molecule has 6 heteroatoms. The lowest BCUT2D eigenvalue weighted by Gasteiger charge is -2.26. The van der Waals surface area contributed by atoms with Crippen LogP contribution in [0.15, 0.2) is 30.3 Å². The van der Waals surface area contributed by atoms with E-state index in [9.17, 15) is 4.79 Å². The number of hydrogen-bond donors (Lipinski definition) is 2. The second-order valence-electron chi connectivity index (χ2n) is 6.23. The smallest absolute Gasteiger partial charge is 0.225 e. The van der Waals surface area contributed by atoms with Crippen LogP contribution in [0, 0.1) is 12.8 Å². The van der Waals surface area contributed by atoms with E-state index in [4.69, 9.17) is 5.73 Å². The minimum absolute atomic E-state index is 0.00774. The average molecular weight is 313 g/mol. The van der Waals surface area contributed by atoms with Crippen molar-refractivity contribution in [2.45, 2.75) is 45.3 Å². The molecule has 0 aliphatic carbocycles. The van der Waals surface area contributed by atoms with Gasteiger partial charge in [-0.2, -0.15) is 5.10 Å². The Hall–Kier alpha value is -2.21. The van der Waals surface area contributed by atoms with Gasteiger partial charge < -0.3 is 11.1 Å². The van der Waals surface area contributed by atoms with E-state index in [0.717, 1.165) is 30.1 Å². The largest absolute Gasteiger partial charge is 0.351 e. The number of fused-ring (bicyclic) bond motifs is 1. The van der Waals surface area contributed by atoms with Crippen LogP contribution in [0.25, 0.3) is 0 Å². The summed E-state index contributed by atoms with van der Waals surface area (Å²) < 4.78 is 1.89. The molecule has 1 aliphatic rings. The molecule has 3 unspecified atom stereocenters. The second kappa shape index (κ2) is 6.50. The normalized spacial score (nSPS) is 19.7. The summed E-state index contributed by atoms with van der Waals surface area (Å²) >= 11 is 0. The van der Waals surface area contributed by atoms with E-state index in [-0.39, 0.29) is 23.9 Å². The Morgan fingerprint density at radius 2 is 2.13 bits per heavy atom. The molecule has 23 heavy (non-hydrogen) atoms. The summed E-state index contributed by atoms with van der Waals surface area (Å²) in [5.74, 6) is 1.50. The molecule has 0 spiro atoms. The summed E-state index contributed by atoms with van der Waals surface area (Å²) in [7, 11) is 0. The van der Waals surface area contributed by atoms with Crippen LogP contribution in [-0.2, 0) is 17.8 Å². The molecule has 2 aromatic rings. The first-order chi connectivity index (χ1) is 11.0. The van der Waals surface area contributed by atoms with E-state index < -0.39 is 0 Å². The topological polar surface area (TPSA) is 85.8 Å². The maximum absolute atomic E-state index is 12.5. The summed E-state index contributed by atoms with van der Waals surface area (Å²) in [6.07, 6.45) is 1.72. The molecule has 1 aliphatic heterocycles. The van der Waals surface area contributed by atoms with Gasteiger partial charge in [0, 0.05) is 18.5 Å². The Morgan fingerprint density at radius 3 is 2.87 bits per heavy atom. The van der Waals surface area contributed by atoms with Crippen molar-refractivity contribution in [3.8, 4) is 0 Å². The molecule has 1 aromatic carbocycles. The van der Waals surface area contributed by atoms with E-state index in [1.807, 2.05) is 48.9 Å². The van der Waals surface area contributed by atoms with Crippen molar-refractivity contribution in [3.63, 3.8) is 0 Å². The Kier molecular flexibility index (Phi) is 4.43. The fourth-order valence-electron chi connectivity index (χ4n) is 3.01. The molecule has 6 nitrogen and oxygen atoms in total. The van der Waals surface area contributed by atoms with E-state index >= 15 is 0 Å². The SMILES string of the molecule is Cc1nc2n(n1)CC(NC(=O)C(C)C(N)c1ccccc1)CC2. The third-order valence-electron chi connectivity index (χ3n) is 4.45. The van der Waals surface area contributed by atoms with Gasteiger partial charge >= 0.3 is 0 Å². The number of aryl methyl sites for hydroxylation is 2. The van der Waals surface area contributed by atoms with Crippen molar-refractivity contribution in [1.82, 2.24) is 20.1 Å². The molecule has 0 fully saturated rings. The standard InChI is InChI=1S/C17H23N5O/c1-11(16(18)13-6-4-3-5-7-13)17(23)20-14-8-9-15-19-12(2)21-22(15)10-14/h3-7,11,14,16H,8-10,18H2,1-2H3,(H,20,23). The van der Waals surface area contributed by atoms with Crippen LogP contribution >= 0.6 is 0 Å². The van der Waals surface area contributed by atoms with Crippen molar-refractivity contribution in [2.24, 2.45) is 11.7 Å². The van der Waals surface area contributed by atoms with Crippen LogP contribution in [0.2, 0.25) is 0 Å². The van der Waals surface area contributed by atoms with Gasteiger partial charge in [-0.05, 0) is 18.9 Å². The first kappa shape index (κ1) is 15.7. The molecule has 1 aromatic heterocycles. The Balaban J connectivity index is 1.61. The van der Waals surface area contributed by atoms with Crippen LogP contribution < -0.4 is 11.1 Å². The summed E-state index contributed by atoms with van der Waals surface area (Å²) in [5.41, 5.74) is 7.22. The first-order valence-electron chi connectivity index (χ1n) is 8.06. The quantitative estimate of drug-likeness (QED) is 0.892. The third kappa shape index (κ3) is 3.42. The maximum Gasteiger partial charge on any atom is 0.225 e. The third-order valence-corrected chi connectivity index (χ3v) is 4.45.